The van der Waals surface area contributed by atoms with Crippen molar-refractivity contribution < 1.29 is 0 Å². The lowest BCUT2D eigenvalue weighted by Gasteiger charge is -2.09. The molecule has 3 aromatic heterocycles. The van der Waals surface area contributed by atoms with Gasteiger partial charge in [-0.05, 0) is 92.8 Å². The first-order chi connectivity index (χ1) is 17.8. The molecule has 3 heterocycles. The molecule has 0 aliphatic rings. The third-order valence-corrected chi connectivity index (χ3v) is 8.10. The van der Waals surface area contributed by atoms with Crippen molar-refractivity contribution in [3.63, 3.8) is 0 Å². The van der Waals surface area contributed by atoms with Gasteiger partial charge >= 0.3 is 0 Å². The molecule has 5 rings (SSSR count). The number of benzene rings is 2. The van der Waals surface area contributed by atoms with Gasteiger partial charge in [0.1, 0.15) is 0 Å². The Labute approximate surface area is 232 Å². The van der Waals surface area contributed by atoms with Crippen molar-refractivity contribution in [2.24, 2.45) is 17.1 Å². The van der Waals surface area contributed by atoms with Crippen LogP contribution in [0.1, 0.15) is 28.3 Å². The van der Waals surface area contributed by atoms with Gasteiger partial charge in [-0.3, -0.25) is 9.48 Å². The number of hydrogen-bond acceptors (Lipinski definition) is 4. The predicted octanol–water partition coefficient (Wildman–Crippen LogP) is 5.78. The van der Waals surface area contributed by atoms with E-state index in [9.17, 15) is 4.79 Å². The van der Waals surface area contributed by atoms with E-state index >= 15 is 0 Å². The summed E-state index contributed by atoms with van der Waals surface area (Å²) >= 11 is 3.78. The number of thiazole rings is 1. The summed E-state index contributed by atoms with van der Waals surface area (Å²) in [6.07, 6.45) is 1.87. The lowest BCUT2D eigenvalue weighted by molar-refractivity contribution is 0.630. The molecule has 37 heavy (non-hydrogen) atoms. The van der Waals surface area contributed by atoms with Gasteiger partial charge in [-0.15, -0.1) is 11.3 Å². The molecule has 7 nitrogen and oxygen atoms in total. The van der Waals surface area contributed by atoms with Crippen LogP contribution in [0.3, 0.4) is 0 Å². The largest absolute Gasteiger partial charge is 0.318 e. The van der Waals surface area contributed by atoms with Crippen LogP contribution in [0.2, 0.25) is 0 Å². The molecule has 0 amide bonds. The van der Waals surface area contributed by atoms with E-state index in [1.165, 1.54) is 14.9 Å². The highest BCUT2D eigenvalue weighted by molar-refractivity contribution is 14.1. The average molecular weight is 623 g/mol. The second kappa shape index (κ2) is 10.1. The summed E-state index contributed by atoms with van der Waals surface area (Å²) in [6, 6.07) is 20.2. The fourth-order valence-electron chi connectivity index (χ4n) is 4.41. The second-order valence-corrected chi connectivity index (χ2v) is 11.0. The van der Waals surface area contributed by atoms with Crippen molar-refractivity contribution >= 4 is 45.8 Å². The fraction of sp³-hybridized carbons (Fsp3) is 0.179. The minimum Gasteiger partial charge on any atom is -0.318 e. The fourth-order valence-corrected chi connectivity index (χ4v) is 5.58. The van der Waals surface area contributed by atoms with Crippen LogP contribution < -0.4 is 10.4 Å². The van der Waals surface area contributed by atoms with Gasteiger partial charge in [0.2, 0.25) is 4.80 Å². The molecule has 9 heteroatoms. The van der Waals surface area contributed by atoms with Crippen molar-refractivity contribution in [1.82, 2.24) is 18.6 Å². The molecule has 5 aromatic rings. The first-order valence-electron chi connectivity index (χ1n) is 11.8. The Morgan fingerprint density at radius 3 is 2.30 bits per heavy atom. The van der Waals surface area contributed by atoms with Crippen molar-refractivity contribution in [1.29, 1.82) is 0 Å². The Kier molecular flexibility index (Phi) is 6.91. The van der Waals surface area contributed by atoms with E-state index in [1.54, 1.807) is 9.36 Å². The Morgan fingerprint density at radius 2 is 1.59 bits per heavy atom. The van der Waals surface area contributed by atoms with E-state index in [1.807, 2.05) is 67.5 Å². The van der Waals surface area contributed by atoms with Crippen LogP contribution in [-0.2, 0) is 7.05 Å². The van der Waals surface area contributed by atoms with Gasteiger partial charge in [0.25, 0.3) is 5.56 Å². The zero-order valence-corrected chi connectivity index (χ0v) is 24.3. The summed E-state index contributed by atoms with van der Waals surface area (Å²) in [5.41, 5.74) is 7.19. The number of halogens is 1. The molecular weight excluding hydrogens is 595 g/mol. The molecule has 0 spiro atoms. The Balaban J connectivity index is 1.56. The molecule has 0 radical (unpaired) electrons. The van der Waals surface area contributed by atoms with Crippen molar-refractivity contribution in [3.8, 4) is 11.4 Å². The summed E-state index contributed by atoms with van der Waals surface area (Å²) in [4.78, 5) is 18.8. The predicted molar refractivity (Wildman–Crippen MR) is 159 cm³/mol. The molecule has 0 saturated carbocycles. The van der Waals surface area contributed by atoms with Crippen LogP contribution in [0.5, 0.6) is 0 Å². The van der Waals surface area contributed by atoms with Gasteiger partial charge in [0.05, 0.1) is 23.3 Å². The maximum atomic E-state index is 13.4. The van der Waals surface area contributed by atoms with Gasteiger partial charge in [-0.25, -0.2) is 14.4 Å². The van der Waals surface area contributed by atoms with Gasteiger partial charge < -0.3 is 4.57 Å². The maximum Gasteiger partial charge on any atom is 0.297 e. The van der Waals surface area contributed by atoms with E-state index in [0.717, 1.165) is 39.7 Å². The molecule has 2 aromatic carbocycles. The third kappa shape index (κ3) is 4.69. The molecule has 0 fully saturated rings. The summed E-state index contributed by atoms with van der Waals surface area (Å²) in [5, 5.41) is 6.78. The van der Waals surface area contributed by atoms with E-state index in [0.29, 0.717) is 10.5 Å². The molecule has 0 aliphatic carbocycles. The molecule has 0 unspecified atom stereocenters. The number of hydrogen-bond donors (Lipinski definition) is 0. The summed E-state index contributed by atoms with van der Waals surface area (Å²) in [7, 11) is 1.87. The van der Waals surface area contributed by atoms with Gasteiger partial charge in [0.15, 0.2) is 5.69 Å². The highest BCUT2D eigenvalue weighted by Crippen LogP contribution is 2.21. The molecule has 0 bridgehead atoms. The molecule has 0 saturated heterocycles. The number of nitrogens with zero attached hydrogens (tertiary/aromatic N) is 6. The monoisotopic (exact) mass is 622 g/mol. The van der Waals surface area contributed by atoms with Crippen LogP contribution in [0.4, 0.5) is 5.69 Å². The van der Waals surface area contributed by atoms with Gasteiger partial charge in [-0.1, -0.05) is 18.2 Å². The smallest absolute Gasteiger partial charge is 0.297 e. The molecule has 188 valence electrons. The van der Waals surface area contributed by atoms with E-state index < -0.39 is 0 Å². The highest BCUT2D eigenvalue weighted by Gasteiger charge is 2.16. The lowest BCUT2D eigenvalue weighted by atomic mass is 10.2. The number of aromatic nitrogens is 4. The quantitative estimate of drug-likeness (QED) is 0.181. The molecule has 0 N–H and O–H groups in total. The Hall–Kier alpha value is -3.44. The van der Waals surface area contributed by atoms with Crippen molar-refractivity contribution in [2.75, 3.05) is 0 Å². The third-order valence-electron chi connectivity index (χ3n) is 6.45. The van der Waals surface area contributed by atoms with Crippen molar-refractivity contribution in [2.45, 2.75) is 27.7 Å². The van der Waals surface area contributed by atoms with Gasteiger partial charge in [0, 0.05) is 38.6 Å². The van der Waals surface area contributed by atoms with E-state index in [2.05, 4.69) is 71.3 Å². The Bertz CT molecular complexity index is 1750. The first-order valence-corrected chi connectivity index (χ1v) is 13.8. The van der Waals surface area contributed by atoms with E-state index in [-0.39, 0.29) is 5.56 Å². The minimum absolute atomic E-state index is 0.158. The lowest BCUT2D eigenvalue weighted by Crippen LogP contribution is -2.19. The topological polar surface area (TPSA) is 61.5 Å². The minimum atomic E-state index is -0.158. The van der Waals surface area contributed by atoms with Gasteiger partial charge in [-0.2, -0.15) is 5.10 Å². The number of aryl methyl sites for hydroxylation is 2. The zero-order chi connectivity index (χ0) is 26.3. The van der Waals surface area contributed by atoms with E-state index in [4.69, 9.17) is 10.1 Å². The first kappa shape index (κ1) is 25.2. The normalized spacial score (nSPS) is 12.2. The number of para-hydroxylation sites is 1. The maximum absolute atomic E-state index is 13.4. The standard InChI is InChI=1S/C28H27IN6OS/c1-18-15-22(20(3)33(18)24-13-11-23(29)12-14-24)16-30-34-19(2)17-37-28(34)31-26-21(4)32(5)35(27(26)36)25-9-7-6-8-10-25/h6-17H,1-5H3. The second-order valence-electron chi connectivity index (χ2n) is 8.88. The van der Waals surface area contributed by atoms with Crippen LogP contribution in [-0.4, -0.2) is 24.8 Å². The Morgan fingerprint density at radius 1 is 0.892 bits per heavy atom. The van der Waals surface area contributed by atoms with Crippen molar-refractivity contribution in [3.05, 3.63) is 113 Å². The van der Waals surface area contributed by atoms with Crippen LogP contribution in [0.15, 0.2) is 80.9 Å². The average Bonchev–Trinajstić information content (AvgIpc) is 3.45. The highest BCUT2D eigenvalue weighted by atomic mass is 127. The van der Waals surface area contributed by atoms with Crippen LogP contribution in [0.25, 0.3) is 11.4 Å². The summed E-state index contributed by atoms with van der Waals surface area (Å²) in [6.45, 7) is 8.10. The molecular formula is C28H27IN6OS. The number of rotatable bonds is 5. The van der Waals surface area contributed by atoms with Crippen LogP contribution >= 0.6 is 33.9 Å². The SMILES string of the molecule is Cc1cc(C=Nn2c(C)csc2=Nc2c(C)n(C)n(-c3ccccc3)c2=O)c(C)n1-c1ccc(I)cc1. The summed E-state index contributed by atoms with van der Waals surface area (Å²) in [5.74, 6) is 0. The van der Waals surface area contributed by atoms with Crippen LogP contribution in [0, 0.1) is 31.3 Å². The molecule has 0 aliphatic heterocycles. The zero-order valence-electron chi connectivity index (χ0n) is 21.3. The molecule has 0 atom stereocenters. The summed E-state index contributed by atoms with van der Waals surface area (Å²) < 4.78 is 8.70.